The summed E-state index contributed by atoms with van der Waals surface area (Å²) in [6.45, 7) is 13.1. The summed E-state index contributed by atoms with van der Waals surface area (Å²) >= 11 is 0. The standard InChI is InChI=1S/C20H29BO6/c1-18(2,3)25-17(24)14-10-8-13(9-11-14)15(12-16(22)23)21-26-19(4,5)20(6,7)27-21/h8-11,15H,12H2,1-7H3,(H,22,23). The molecule has 1 aliphatic rings. The molecule has 1 saturated heterocycles. The lowest BCUT2D eigenvalue weighted by atomic mass is 9.66. The third-order valence-electron chi connectivity index (χ3n) is 4.97. The number of hydrogen-bond donors (Lipinski definition) is 1. The molecule has 2 rings (SSSR count). The van der Waals surface area contributed by atoms with Gasteiger partial charge in [0.15, 0.2) is 0 Å². The van der Waals surface area contributed by atoms with Crippen molar-refractivity contribution in [2.45, 2.75) is 77.5 Å². The van der Waals surface area contributed by atoms with Crippen LogP contribution in [0.5, 0.6) is 0 Å². The van der Waals surface area contributed by atoms with Crippen LogP contribution in [0.1, 0.15) is 76.6 Å². The maximum Gasteiger partial charge on any atom is 0.466 e. The molecule has 1 N–H and O–H groups in total. The molecule has 1 atom stereocenters. The van der Waals surface area contributed by atoms with Gasteiger partial charge in [0.25, 0.3) is 0 Å². The first-order valence-electron chi connectivity index (χ1n) is 9.12. The van der Waals surface area contributed by atoms with E-state index in [9.17, 15) is 14.7 Å². The zero-order chi connectivity index (χ0) is 20.6. The lowest BCUT2D eigenvalue weighted by Gasteiger charge is -2.32. The van der Waals surface area contributed by atoms with E-state index in [0.29, 0.717) is 5.56 Å². The topological polar surface area (TPSA) is 82.1 Å². The van der Waals surface area contributed by atoms with Crippen LogP contribution < -0.4 is 0 Å². The predicted molar refractivity (Wildman–Crippen MR) is 103 cm³/mol. The second-order valence-electron chi connectivity index (χ2n) is 8.95. The SMILES string of the molecule is CC(C)(C)OC(=O)c1ccc(C(CC(=O)O)B2OC(C)(C)C(C)(C)O2)cc1. The van der Waals surface area contributed by atoms with Crippen LogP contribution in [0.4, 0.5) is 0 Å². The molecule has 1 aromatic rings. The average molecular weight is 376 g/mol. The van der Waals surface area contributed by atoms with Gasteiger partial charge in [-0.15, -0.1) is 0 Å². The molecule has 0 amide bonds. The fourth-order valence-electron chi connectivity index (χ4n) is 2.82. The van der Waals surface area contributed by atoms with E-state index in [4.69, 9.17) is 14.0 Å². The molecule has 0 saturated carbocycles. The Morgan fingerprint density at radius 1 is 1.07 bits per heavy atom. The van der Waals surface area contributed by atoms with Gasteiger partial charge in [-0.05, 0) is 66.2 Å². The predicted octanol–water partition coefficient (Wildman–Crippen LogP) is 3.83. The molecular formula is C20H29BO6. The number of carboxylic acids is 1. The van der Waals surface area contributed by atoms with E-state index in [1.165, 1.54) is 0 Å². The number of aliphatic carboxylic acids is 1. The Hall–Kier alpha value is -1.86. The van der Waals surface area contributed by atoms with Crippen LogP contribution >= 0.6 is 0 Å². The minimum Gasteiger partial charge on any atom is -0.481 e. The van der Waals surface area contributed by atoms with Crippen LogP contribution in [0, 0.1) is 0 Å². The van der Waals surface area contributed by atoms with Crippen LogP contribution in [-0.2, 0) is 18.8 Å². The monoisotopic (exact) mass is 376 g/mol. The highest BCUT2D eigenvalue weighted by molar-refractivity contribution is 6.48. The van der Waals surface area contributed by atoms with Crippen molar-refractivity contribution in [1.29, 1.82) is 0 Å². The molecule has 0 bridgehead atoms. The lowest BCUT2D eigenvalue weighted by molar-refractivity contribution is -0.137. The number of esters is 1. The van der Waals surface area contributed by atoms with E-state index < -0.39 is 41.7 Å². The summed E-state index contributed by atoms with van der Waals surface area (Å²) in [4.78, 5) is 23.6. The van der Waals surface area contributed by atoms with Crippen molar-refractivity contribution in [2.24, 2.45) is 0 Å². The third kappa shape index (κ3) is 5.11. The van der Waals surface area contributed by atoms with Gasteiger partial charge in [0.1, 0.15) is 5.60 Å². The summed E-state index contributed by atoms with van der Waals surface area (Å²) in [5.74, 6) is -1.85. The van der Waals surface area contributed by atoms with Crippen LogP contribution in [0.15, 0.2) is 24.3 Å². The molecule has 1 unspecified atom stereocenters. The van der Waals surface area contributed by atoms with Crippen molar-refractivity contribution in [3.05, 3.63) is 35.4 Å². The minimum absolute atomic E-state index is 0.136. The van der Waals surface area contributed by atoms with E-state index in [-0.39, 0.29) is 6.42 Å². The van der Waals surface area contributed by atoms with Gasteiger partial charge < -0.3 is 19.2 Å². The number of benzene rings is 1. The highest BCUT2D eigenvalue weighted by Crippen LogP contribution is 2.41. The van der Waals surface area contributed by atoms with Gasteiger partial charge in [-0.3, -0.25) is 4.79 Å². The molecule has 1 heterocycles. The molecule has 6 nitrogen and oxygen atoms in total. The third-order valence-corrected chi connectivity index (χ3v) is 4.97. The second-order valence-corrected chi connectivity index (χ2v) is 8.95. The largest absolute Gasteiger partial charge is 0.481 e. The summed E-state index contributed by atoms with van der Waals surface area (Å²) in [6.07, 6.45) is -0.136. The van der Waals surface area contributed by atoms with Crippen molar-refractivity contribution in [2.75, 3.05) is 0 Å². The van der Waals surface area contributed by atoms with E-state index in [1.54, 1.807) is 45.0 Å². The second kappa shape index (κ2) is 7.28. The molecule has 0 aliphatic carbocycles. The molecule has 1 aromatic carbocycles. The van der Waals surface area contributed by atoms with Gasteiger partial charge in [-0.2, -0.15) is 0 Å². The Bertz CT molecular complexity index is 686. The number of hydrogen-bond acceptors (Lipinski definition) is 5. The Morgan fingerprint density at radius 3 is 1.96 bits per heavy atom. The average Bonchev–Trinajstić information content (AvgIpc) is 2.71. The summed E-state index contributed by atoms with van der Waals surface area (Å²) in [7, 11) is -0.682. The van der Waals surface area contributed by atoms with Gasteiger partial charge in [0.2, 0.25) is 0 Å². The van der Waals surface area contributed by atoms with E-state index in [1.807, 2.05) is 27.7 Å². The van der Waals surface area contributed by atoms with Crippen molar-refractivity contribution in [3.63, 3.8) is 0 Å². The summed E-state index contributed by atoms with van der Waals surface area (Å²) in [5, 5.41) is 9.35. The Balaban J connectivity index is 2.25. The summed E-state index contributed by atoms with van der Waals surface area (Å²) in [6, 6.07) is 6.75. The molecule has 7 heteroatoms. The molecular weight excluding hydrogens is 347 g/mol. The van der Waals surface area contributed by atoms with E-state index >= 15 is 0 Å². The molecule has 0 aromatic heterocycles. The van der Waals surface area contributed by atoms with Crippen molar-refractivity contribution >= 4 is 19.1 Å². The van der Waals surface area contributed by atoms with Gasteiger partial charge >= 0.3 is 19.1 Å². The molecule has 1 fully saturated rings. The Labute approximate surface area is 161 Å². The Morgan fingerprint density at radius 2 is 1.56 bits per heavy atom. The van der Waals surface area contributed by atoms with Gasteiger partial charge in [-0.25, -0.2) is 4.79 Å². The fourth-order valence-corrected chi connectivity index (χ4v) is 2.82. The number of rotatable bonds is 5. The van der Waals surface area contributed by atoms with Crippen molar-refractivity contribution < 1.29 is 28.7 Å². The van der Waals surface area contributed by atoms with Crippen LogP contribution in [-0.4, -0.2) is 41.0 Å². The zero-order valence-electron chi connectivity index (χ0n) is 17.2. The quantitative estimate of drug-likeness (QED) is 0.621. The normalized spacial score (nSPS) is 19.6. The number of carboxylic acid groups (broad SMARTS) is 1. The maximum atomic E-state index is 12.2. The number of ether oxygens (including phenoxy) is 1. The fraction of sp³-hybridized carbons (Fsp3) is 0.600. The maximum absolute atomic E-state index is 12.2. The van der Waals surface area contributed by atoms with E-state index in [0.717, 1.165) is 5.56 Å². The summed E-state index contributed by atoms with van der Waals surface area (Å²) in [5.41, 5.74) is -0.528. The van der Waals surface area contributed by atoms with Crippen LogP contribution in [0.2, 0.25) is 0 Å². The van der Waals surface area contributed by atoms with E-state index in [2.05, 4.69) is 0 Å². The van der Waals surface area contributed by atoms with Crippen molar-refractivity contribution in [1.82, 2.24) is 0 Å². The number of carbonyl (C=O) groups excluding carboxylic acids is 1. The Kier molecular flexibility index (Phi) is 5.78. The molecule has 1 aliphatic heterocycles. The highest BCUT2D eigenvalue weighted by Gasteiger charge is 2.54. The molecule has 0 radical (unpaired) electrons. The van der Waals surface area contributed by atoms with Crippen LogP contribution in [0.3, 0.4) is 0 Å². The smallest absolute Gasteiger partial charge is 0.466 e. The van der Waals surface area contributed by atoms with Gasteiger partial charge in [0.05, 0.1) is 23.2 Å². The van der Waals surface area contributed by atoms with Crippen molar-refractivity contribution in [3.8, 4) is 0 Å². The first-order valence-corrected chi connectivity index (χ1v) is 9.12. The van der Waals surface area contributed by atoms with Crippen LogP contribution in [0.25, 0.3) is 0 Å². The minimum atomic E-state index is -0.939. The summed E-state index contributed by atoms with van der Waals surface area (Å²) < 4.78 is 17.5. The zero-order valence-corrected chi connectivity index (χ0v) is 17.2. The lowest BCUT2D eigenvalue weighted by Crippen LogP contribution is -2.41. The highest BCUT2D eigenvalue weighted by atomic mass is 16.7. The molecule has 27 heavy (non-hydrogen) atoms. The molecule has 148 valence electrons. The molecule has 0 spiro atoms. The number of carbonyl (C=O) groups is 2. The van der Waals surface area contributed by atoms with Gasteiger partial charge in [0, 0.05) is 5.82 Å². The van der Waals surface area contributed by atoms with Gasteiger partial charge in [-0.1, -0.05) is 12.1 Å². The first kappa shape index (κ1) is 21.4. The first-order chi connectivity index (χ1) is 12.2.